The Kier molecular flexibility index (Phi) is 49.5. The Bertz CT molecular complexity index is 2960. The molecule has 0 bridgehead atoms. The summed E-state index contributed by atoms with van der Waals surface area (Å²) < 4.78 is 74.5. The van der Waals surface area contributed by atoms with E-state index >= 15 is 0 Å². The molecule has 0 aliphatic heterocycles. The summed E-state index contributed by atoms with van der Waals surface area (Å²) in [5, 5.41) is 100. The van der Waals surface area contributed by atoms with Crippen LogP contribution in [0.4, 0.5) is 9.59 Å². The number of fused-ring (bicyclic) bond motifs is 3. The zero-order valence-corrected chi connectivity index (χ0v) is 64.6. The van der Waals surface area contributed by atoms with Crippen LogP contribution in [0.5, 0.6) is 0 Å². The molecular weight excluding hydrogens is 1550 g/mol. The monoisotopic (exact) mass is 1660 g/mol. The van der Waals surface area contributed by atoms with Crippen molar-refractivity contribution in [1.29, 1.82) is 0 Å². The fourth-order valence-corrected chi connectivity index (χ4v) is 11.1. The first-order valence-electron chi connectivity index (χ1n) is 37.4. The molecule has 42 heteroatoms. The van der Waals surface area contributed by atoms with E-state index in [-0.39, 0.29) is 25.6 Å². The van der Waals surface area contributed by atoms with Gasteiger partial charge in [0.05, 0.1) is 216 Å². The van der Waals surface area contributed by atoms with Gasteiger partial charge >= 0.3 is 65.8 Å². The molecule has 2 aromatic carbocycles. The molecule has 0 saturated heterocycles. The van der Waals surface area contributed by atoms with E-state index in [1.807, 2.05) is 48.5 Å². The van der Waals surface area contributed by atoms with Crippen LogP contribution < -0.4 is 31.9 Å². The fraction of sp³-hybridized carbons (Fsp3) is 0.649. The molecule has 42 nitrogen and oxygen atoms in total. The van der Waals surface area contributed by atoms with E-state index in [2.05, 4.69) is 31.9 Å². The summed E-state index contributed by atoms with van der Waals surface area (Å²) in [6.45, 7) is -11.2. The first kappa shape index (κ1) is 100. The van der Waals surface area contributed by atoms with Gasteiger partial charge in [0, 0.05) is 38.3 Å². The third-order valence-electron chi connectivity index (χ3n) is 16.7. The molecule has 1 aliphatic rings. The number of urea groups is 1. The molecular formula is C74H110N6O36. The Morgan fingerprint density at radius 1 is 0.276 bits per heavy atom. The van der Waals surface area contributed by atoms with Crippen LogP contribution in [-0.4, -0.2) is 330 Å². The third-order valence-corrected chi connectivity index (χ3v) is 16.7. The second-order valence-electron chi connectivity index (χ2n) is 27.0. The zero-order valence-electron chi connectivity index (χ0n) is 64.6. The van der Waals surface area contributed by atoms with Crippen molar-refractivity contribution in [2.45, 2.75) is 131 Å². The van der Waals surface area contributed by atoms with Crippen molar-refractivity contribution in [2.75, 3.05) is 178 Å². The molecule has 0 spiro atoms. The smallest absolute Gasteiger partial charge is 0.407 e. The highest BCUT2D eigenvalue weighted by Gasteiger charge is 2.39. The molecule has 6 amide bonds. The molecule has 2 aromatic rings. The molecule has 1 aliphatic carbocycles. The maximum absolute atomic E-state index is 14.3. The van der Waals surface area contributed by atoms with Gasteiger partial charge in [-0.25, -0.2) is 9.59 Å². The Hall–Kier alpha value is -9.86. The number of aliphatic carboxylic acids is 9. The number of hydrogen-bond donors (Lipinski definition) is 15. The molecule has 0 atom stereocenters. The lowest BCUT2D eigenvalue weighted by atomic mass is 9.98. The van der Waals surface area contributed by atoms with Crippen LogP contribution in [0.2, 0.25) is 0 Å². The van der Waals surface area contributed by atoms with Gasteiger partial charge in [-0.2, -0.15) is 0 Å². The van der Waals surface area contributed by atoms with Crippen molar-refractivity contribution >= 4 is 83.6 Å². The quantitative estimate of drug-likeness (QED) is 0.0415. The van der Waals surface area contributed by atoms with Crippen molar-refractivity contribution in [3.8, 4) is 11.1 Å². The van der Waals surface area contributed by atoms with Crippen molar-refractivity contribution in [2.24, 2.45) is 0 Å². The summed E-state index contributed by atoms with van der Waals surface area (Å²) in [4.78, 5) is 172. The first-order chi connectivity index (χ1) is 55.4. The van der Waals surface area contributed by atoms with Crippen LogP contribution in [0, 0.1) is 0 Å². The van der Waals surface area contributed by atoms with E-state index < -0.39 is 341 Å². The molecule has 0 aromatic heterocycles. The number of unbranched alkanes of at least 4 members (excludes halogenated alkanes) is 3. The van der Waals surface area contributed by atoms with E-state index in [4.69, 9.17) is 61.6 Å². The van der Waals surface area contributed by atoms with E-state index in [1.165, 1.54) is 0 Å². The maximum atomic E-state index is 14.3. The molecule has 116 heavy (non-hydrogen) atoms. The van der Waals surface area contributed by atoms with Crippen molar-refractivity contribution in [3.63, 3.8) is 0 Å². The summed E-state index contributed by atoms with van der Waals surface area (Å²) in [5.74, 6) is -13.8. The van der Waals surface area contributed by atoms with Crippen LogP contribution in [0.1, 0.15) is 120 Å². The number of amides is 6. The van der Waals surface area contributed by atoms with Crippen molar-refractivity contribution in [1.82, 2.24) is 31.9 Å². The van der Waals surface area contributed by atoms with Crippen LogP contribution >= 0.6 is 0 Å². The average Bonchev–Trinajstić information content (AvgIpc) is 1.62. The van der Waals surface area contributed by atoms with Gasteiger partial charge in [0.2, 0.25) is 17.7 Å². The van der Waals surface area contributed by atoms with Crippen molar-refractivity contribution < 1.29 is 175 Å². The lowest BCUT2D eigenvalue weighted by molar-refractivity contribution is -0.142. The van der Waals surface area contributed by atoms with Crippen molar-refractivity contribution in [3.05, 3.63) is 59.7 Å². The second-order valence-corrected chi connectivity index (χ2v) is 27.0. The number of rotatable bonds is 73. The van der Waals surface area contributed by atoms with E-state index in [9.17, 15) is 113 Å². The SMILES string of the molecule is O=C(O)CCOCC(COCCC(=O)O)(COCCC(=O)O)NC(=O)CCOCC(COCCC(=O)NC(COCCC(=O)O)(COCCC(=O)O)COCCC(=O)O)(COCCC(=O)NC(COCCC(=O)O)(COCCC(=O)O)COCCC(=O)O)NC(=O)NCCCCCCNC(=O)OCC1c2ccccc2-c2ccccc21. The lowest BCUT2D eigenvalue weighted by Gasteiger charge is -2.35. The second kappa shape index (κ2) is 57.2. The molecule has 3 rings (SSSR count). The van der Waals surface area contributed by atoms with Gasteiger partial charge in [0.15, 0.2) is 0 Å². The summed E-state index contributed by atoms with van der Waals surface area (Å²) in [6.07, 6.45) is -4.64. The molecule has 0 heterocycles. The number of hydrogen-bond acceptors (Lipinski definition) is 27. The lowest BCUT2D eigenvalue weighted by Crippen LogP contribution is -2.61. The van der Waals surface area contributed by atoms with Gasteiger partial charge in [0.25, 0.3) is 0 Å². The zero-order chi connectivity index (χ0) is 85.5. The maximum Gasteiger partial charge on any atom is 0.407 e. The van der Waals surface area contributed by atoms with Crippen LogP contribution in [0.3, 0.4) is 0 Å². The number of carbonyl (C=O) groups excluding carboxylic acids is 5. The minimum Gasteiger partial charge on any atom is -0.481 e. The molecule has 0 fully saturated rings. The van der Waals surface area contributed by atoms with Crippen LogP contribution in [0.15, 0.2) is 48.5 Å². The van der Waals surface area contributed by atoms with Gasteiger partial charge in [-0.15, -0.1) is 0 Å². The van der Waals surface area contributed by atoms with Gasteiger partial charge in [-0.3, -0.25) is 57.5 Å². The number of nitrogens with one attached hydrogen (secondary N) is 6. The van der Waals surface area contributed by atoms with Crippen LogP contribution in [0.25, 0.3) is 11.1 Å². The fourth-order valence-electron chi connectivity index (χ4n) is 11.1. The number of carbonyl (C=O) groups is 14. The Labute approximate surface area is 667 Å². The Morgan fingerprint density at radius 3 is 0.733 bits per heavy atom. The van der Waals surface area contributed by atoms with Gasteiger partial charge < -0.3 is 139 Å². The topological polar surface area (TPSA) is 613 Å². The molecule has 0 radical (unpaired) electrons. The molecule has 15 N–H and O–H groups in total. The Balaban J connectivity index is 2.03. The summed E-state index contributed by atoms with van der Waals surface area (Å²) >= 11 is 0. The third kappa shape index (κ3) is 45.4. The average molecular weight is 1660 g/mol. The highest BCUT2D eigenvalue weighted by Crippen LogP contribution is 2.44. The Morgan fingerprint density at radius 2 is 0.491 bits per heavy atom. The highest BCUT2D eigenvalue weighted by atomic mass is 16.6. The number of carboxylic acids is 9. The normalized spacial score (nSPS) is 12.0. The highest BCUT2D eigenvalue weighted by molar-refractivity contribution is 5.80. The van der Waals surface area contributed by atoms with Gasteiger partial charge in [-0.05, 0) is 35.1 Å². The summed E-state index contributed by atoms with van der Waals surface area (Å²) in [5.41, 5.74) is -2.85. The first-order valence-corrected chi connectivity index (χ1v) is 37.4. The number of benzene rings is 2. The molecule has 0 unspecified atom stereocenters. The molecule has 0 saturated carbocycles. The summed E-state index contributed by atoms with van der Waals surface area (Å²) in [7, 11) is 0. The standard InChI is InChI=1S/C74H110N6O36/c81-57(77-71(40-107-30-16-60(84)85,41-108-31-17-61(86)87)42-109-32-18-62(88)89)13-27-104-49-74(50-105-28-14-58(82)78-72(43-110-33-19-63(90)91,44-111-34-20-64(92)93)45-112-35-21-65(94)95,51-106-29-15-59(83)79-73(46-113-36-22-66(96)97,47-114-37-23-67(98)99)48-115-38-24-68(100)101)80-69(102)75-25-7-1-2-8-26-76-70(103)116-39-56-54-11-5-3-9-52(54)53-10-4-6-12-55(53)56/h3-6,9-12,56H,1-2,7-8,13-51H2,(H,76,103)(H,77,81)(H,78,82)(H,79,83)(H,84,85)(H,86,87)(H,88,89)(H,90,91)(H,92,93)(H,94,95)(H,96,97)(H,98,99)(H,100,101)(H2,75,80,102). The predicted octanol–water partition coefficient (Wildman–Crippen LogP) is 1.33. The number of ether oxygens (including phenoxy) is 13. The number of carboxylic acid groups (broad SMARTS) is 9. The van der Waals surface area contributed by atoms with E-state index in [0.717, 1.165) is 22.3 Å². The predicted molar refractivity (Wildman–Crippen MR) is 397 cm³/mol. The van der Waals surface area contributed by atoms with Crippen LogP contribution in [-0.2, 0) is 119 Å². The molecule has 652 valence electrons. The summed E-state index contributed by atoms with van der Waals surface area (Å²) in [6, 6.07) is 14.9. The minimum absolute atomic E-state index is 0.0379. The van der Waals surface area contributed by atoms with Gasteiger partial charge in [0.1, 0.15) is 28.8 Å². The van der Waals surface area contributed by atoms with Gasteiger partial charge in [-0.1, -0.05) is 61.4 Å². The van der Waals surface area contributed by atoms with E-state index in [0.29, 0.717) is 25.7 Å². The van der Waals surface area contributed by atoms with E-state index in [1.54, 1.807) is 0 Å². The largest absolute Gasteiger partial charge is 0.481 e. The number of alkyl carbamates (subject to hydrolysis) is 1. The minimum atomic E-state index is -1.91.